The summed E-state index contributed by atoms with van der Waals surface area (Å²) < 4.78 is 12.4. The topological polar surface area (TPSA) is 82.3 Å². The fourth-order valence-corrected chi connectivity index (χ4v) is 2.42. The van der Waals surface area contributed by atoms with Gasteiger partial charge in [-0.3, -0.25) is 4.98 Å². The first-order valence-electron chi connectivity index (χ1n) is 6.72. The summed E-state index contributed by atoms with van der Waals surface area (Å²) in [6, 6.07) is 9.23. The molecule has 4 rings (SSSR count). The van der Waals surface area contributed by atoms with Crippen LogP contribution in [0.1, 0.15) is 5.69 Å². The summed E-state index contributed by atoms with van der Waals surface area (Å²) in [5.41, 5.74) is 2.89. The summed E-state index contributed by atoms with van der Waals surface area (Å²) in [5, 5.41) is 17.7. The van der Waals surface area contributed by atoms with E-state index in [1.807, 2.05) is 30.3 Å². The molecule has 110 valence electrons. The molecular formula is C15H12N4O3. The summed E-state index contributed by atoms with van der Waals surface area (Å²) >= 11 is 0. The van der Waals surface area contributed by atoms with Crippen LogP contribution in [0, 0.1) is 0 Å². The fourth-order valence-electron chi connectivity index (χ4n) is 2.42. The number of hydrogen-bond donors (Lipinski definition) is 1. The normalized spacial score (nSPS) is 12.6. The first kappa shape index (κ1) is 12.8. The molecule has 0 spiro atoms. The van der Waals surface area contributed by atoms with Crippen molar-refractivity contribution in [3.63, 3.8) is 0 Å². The highest BCUT2D eigenvalue weighted by molar-refractivity contribution is 5.64. The average Bonchev–Trinajstić information content (AvgIpc) is 3.21. The quantitative estimate of drug-likeness (QED) is 0.789. The Kier molecular flexibility index (Phi) is 2.97. The van der Waals surface area contributed by atoms with Gasteiger partial charge in [0, 0.05) is 24.0 Å². The van der Waals surface area contributed by atoms with Gasteiger partial charge in [-0.2, -0.15) is 0 Å². The zero-order chi connectivity index (χ0) is 14.9. The van der Waals surface area contributed by atoms with Crippen LogP contribution in [0.15, 0.2) is 42.7 Å². The van der Waals surface area contributed by atoms with Gasteiger partial charge in [0.25, 0.3) is 0 Å². The van der Waals surface area contributed by atoms with E-state index in [0.717, 1.165) is 16.9 Å². The Labute approximate surface area is 125 Å². The molecule has 0 aliphatic carbocycles. The highest BCUT2D eigenvalue weighted by Gasteiger charge is 2.19. The Morgan fingerprint density at radius 2 is 1.91 bits per heavy atom. The molecule has 1 N–H and O–H groups in total. The number of rotatable bonds is 3. The Morgan fingerprint density at radius 1 is 1.09 bits per heavy atom. The van der Waals surface area contributed by atoms with Crippen molar-refractivity contribution in [2.45, 2.75) is 6.61 Å². The van der Waals surface area contributed by atoms with Crippen LogP contribution in [-0.2, 0) is 6.61 Å². The van der Waals surface area contributed by atoms with Crippen LogP contribution in [0.2, 0.25) is 0 Å². The average molecular weight is 296 g/mol. The number of aliphatic hydroxyl groups is 1. The number of pyridine rings is 1. The summed E-state index contributed by atoms with van der Waals surface area (Å²) in [5.74, 6) is 1.37. The molecule has 0 bridgehead atoms. The van der Waals surface area contributed by atoms with Crippen molar-refractivity contribution in [1.82, 2.24) is 20.0 Å². The van der Waals surface area contributed by atoms with E-state index in [0.29, 0.717) is 17.2 Å². The molecule has 0 amide bonds. The lowest BCUT2D eigenvalue weighted by Crippen LogP contribution is -2.00. The van der Waals surface area contributed by atoms with Gasteiger partial charge in [0.15, 0.2) is 11.5 Å². The Bertz CT molecular complexity index is 817. The lowest BCUT2D eigenvalue weighted by Gasteiger charge is -2.08. The van der Waals surface area contributed by atoms with Crippen molar-refractivity contribution in [2.24, 2.45) is 0 Å². The second-order valence-electron chi connectivity index (χ2n) is 4.73. The second-order valence-corrected chi connectivity index (χ2v) is 4.73. The number of ether oxygens (including phenoxy) is 2. The maximum atomic E-state index is 9.52. The van der Waals surface area contributed by atoms with E-state index in [-0.39, 0.29) is 13.4 Å². The standard InChI is InChI=1S/C15H12N4O3/c20-8-12-15(10-3-5-16-6-4-10)19(18-17-12)11-1-2-13-14(7-11)22-9-21-13/h1-7,20H,8-9H2. The van der Waals surface area contributed by atoms with Crippen LogP contribution in [-0.4, -0.2) is 31.9 Å². The van der Waals surface area contributed by atoms with Gasteiger partial charge in [-0.25, -0.2) is 4.68 Å². The SMILES string of the molecule is OCc1nnn(-c2ccc3c(c2)OCO3)c1-c1ccncc1. The highest BCUT2D eigenvalue weighted by atomic mass is 16.7. The molecular weight excluding hydrogens is 284 g/mol. The molecule has 22 heavy (non-hydrogen) atoms. The molecule has 0 fully saturated rings. The lowest BCUT2D eigenvalue weighted by molar-refractivity contribution is 0.174. The molecule has 1 aromatic carbocycles. The zero-order valence-corrected chi connectivity index (χ0v) is 11.5. The van der Waals surface area contributed by atoms with E-state index in [9.17, 15) is 5.11 Å². The van der Waals surface area contributed by atoms with Gasteiger partial charge in [-0.15, -0.1) is 5.10 Å². The number of nitrogens with zero attached hydrogens (tertiary/aromatic N) is 4. The monoisotopic (exact) mass is 296 g/mol. The van der Waals surface area contributed by atoms with E-state index in [4.69, 9.17) is 9.47 Å². The smallest absolute Gasteiger partial charge is 0.231 e. The van der Waals surface area contributed by atoms with Crippen LogP contribution in [0.3, 0.4) is 0 Å². The maximum absolute atomic E-state index is 9.52. The largest absolute Gasteiger partial charge is 0.454 e. The zero-order valence-electron chi connectivity index (χ0n) is 11.5. The molecule has 1 aliphatic rings. The van der Waals surface area contributed by atoms with Gasteiger partial charge in [0.05, 0.1) is 12.3 Å². The highest BCUT2D eigenvalue weighted by Crippen LogP contribution is 2.35. The molecule has 0 saturated carbocycles. The van der Waals surface area contributed by atoms with Gasteiger partial charge in [-0.1, -0.05) is 5.21 Å². The minimum Gasteiger partial charge on any atom is -0.454 e. The van der Waals surface area contributed by atoms with Crippen molar-refractivity contribution in [1.29, 1.82) is 0 Å². The van der Waals surface area contributed by atoms with E-state index in [1.54, 1.807) is 17.1 Å². The third kappa shape index (κ3) is 1.99. The number of benzene rings is 1. The van der Waals surface area contributed by atoms with Crippen LogP contribution < -0.4 is 9.47 Å². The summed E-state index contributed by atoms with van der Waals surface area (Å²) in [4.78, 5) is 4.01. The third-order valence-corrected chi connectivity index (χ3v) is 3.44. The first-order valence-corrected chi connectivity index (χ1v) is 6.72. The number of aromatic nitrogens is 4. The first-order chi connectivity index (χ1) is 10.9. The van der Waals surface area contributed by atoms with E-state index >= 15 is 0 Å². The molecule has 0 unspecified atom stereocenters. The minimum atomic E-state index is -0.192. The van der Waals surface area contributed by atoms with Gasteiger partial charge >= 0.3 is 0 Å². The molecule has 0 saturated heterocycles. The van der Waals surface area contributed by atoms with Crippen molar-refractivity contribution in [3.8, 4) is 28.4 Å². The Morgan fingerprint density at radius 3 is 2.73 bits per heavy atom. The lowest BCUT2D eigenvalue weighted by atomic mass is 10.1. The molecule has 7 nitrogen and oxygen atoms in total. The van der Waals surface area contributed by atoms with Gasteiger partial charge in [0.2, 0.25) is 6.79 Å². The predicted octanol–water partition coefficient (Wildman–Crippen LogP) is 1.55. The molecule has 0 radical (unpaired) electrons. The second kappa shape index (κ2) is 5.12. The molecule has 3 aromatic rings. The van der Waals surface area contributed by atoms with Crippen molar-refractivity contribution in [2.75, 3.05) is 6.79 Å². The molecule has 7 heteroatoms. The van der Waals surface area contributed by atoms with Crippen LogP contribution in [0.4, 0.5) is 0 Å². The van der Waals surface area contributed by atoms with Crippen molar-refractivity contribution < 1.29 is 14.6 Å². The van der Waals surface area contributed by atoms with E-state index < -0.39 is 0 Å². The van der Waals surface area contributed by atoms with Crippen LogP contribution in [0.5, 0.6) is 11.5 Å². The predicted molar refractivity (Wildman–Crippen MR) is 76.6 cm³/mol. The fraction of sp³-hybridized carbons (Fsp3) is 0.133. The number of aliphatic hydroxyl groups excluding tert-OH is 1. The Hall–Kier alpha value is -2.93. The number of fused-ring (bicyclic) bond motifs is 1. The number of hydrogen-bond acceptors (Lipinski definition) is 6. The molecule has 2 aromatic heterocycles. The van der Waals surface area contributed by atoms with E-state index in [2.05, 4.69) is 15.3 Å². The summed E-state index contributed by atoms with van der Waals surface area (Å²) in [6.45, 7) is 0.0253. The maximum Gasteiger partial charge on any atom is 0.231 e. The van der Waals surface area contributed by atoms with E-state index in [1.165, 1.54) is 0 Å². The summed E-state index contributed by atoms with van der Waals surface area (Å²) in [6.07, 6.45) is 3.38. The Balaban J connectivity index is 1.87. The molecule has 1 aliphatic heterocycles. The molecule has 0 atom stereocenters. The summed E-state index contributed by atoms with van der Waals surface area (Å²) in [7, 11) is 0. The van der Waals surface area contributed by atoms with Crippen LogP contribution in [0.25, 0.3) is 16.9 Å². The minimum absolute atomic E-state index is 0.192. The van der Waals surface area contributed by atoms with Gasteiger partial charge in [0.1, 0.15) is 11.4 Å². The third-order valence-electron chi connectivity index (χ3n) is 3.44. The molecule has 3 heterocycles. The van der Waals surface area contributed by atoms with Crippen LogP contribution >= 0.6 is 0 Å². The van der Waals surface area contributed by atoms with Crippen molar-refractivity contribution in [3.05, 3.63) is 48.4 Å². The van der Waals surface area contributed by atoms with Crippen molar-refractivity contribution >= 4 is 0 Å². The van der Waals surface area contributed by atoms with Gasteiger partial charge < -0.3 is 14.6 Å². The van der Waals surface area contributed by atoms with Gasteiger partial charge in [-0.05, 0) is 24.3 Å².